The molecule has 1 fully saturated rings. The van der Waals surface area contributed by atoms with Crippen LogP contribution in [0.15, 0.2) is 67.0 Å². The number of hydrogen-bond acceptors (Lipinski definition) is 3. The van der Waals surface area contributed by atoms with Crippen LogP contribution >= 0.6 is 0 Å². The summed E-state index contributed by atoms with van der Waals surface area (Å²) in [6, 6.07) is 19.2. The Balaban J connectivity index is 1.33. The third kappa shape index (κ3) is 3.36. The van der Waals surface area contributed by atoms with Gasteiger partial charge in [0.15, 0.2) is 0 Å². The predicted molar refractivity (Wildman–Crippen MR) is 114 cm³/mol. The minimum atomic E-state index is 0.763. The van der Waals surface area contributed by atoms with Crippen molar-refractivity contribution in [2.75, 3.05) is 26.2 Å². The molecule has 4 aromatic rings. The molecular formula is C24H25N3O. The molecule has 1 saturated heterocycles. The highest BCUT2D eigenvalue weighted by atomic mass is 16.5. The van der Waals surface area contributed by atoms with Crippen LogP contribution in [0.4, 0.5) is 0 Å². The minimum Gasteiger partial charge on any atom is -0.492 e. The first-order valence-electron chi connectivity index (χ1n) is 10.1. The Labute approximate surface area is 165 Å². The molecule has 4 heteroatoms. The Morgan fingerprint density at radius 1 is 0.857 bits per heavy atom. The maximum atomic E-state index is 5.94. The number of likely N-dealkylation sites (tertiary alicyclic amines) is 1. The highest BCUT2D eigenvalue weighted by Crippen LogP contribution is 2.29. The highest BCUT2D eigenvalue weighted by molar-refractivity contribution is 6.07. The smallest absolute Gasteiger partial charge is 0.119 e. The van der Waals surface area contributed by atoms with Crippen molar-refractivity contribution in [3.05, 3.63) is 72.6 Å². The average Bonchev–Trinajstić information content (AvgIpc) is 3.37. The van der Waals surface area contributed by atoms with E-state index in [0.717, 1.165) is 25.4 Å². The van der Waals surface area contributed by atoms with Gasteiger partial charge in [-0.25, -0.2) is 0 Å². The van der Waals surface area contributed by atoms with Crippen LogP contribution < -0.4 is 4.74 Å². The lowest BCUT2D eigenvalue weighted by Gasteiger charge is -2.15. The molecule has 5 rings (SSSR count). The molecule has 0 bridgehead atoms. The van der Waals surface area contributed by atoms with E-state index in [9.17, 15) is 0 Å². The molecule has 1 aliphatic rings. The van der Waals surface area contributed by atoms with Gasteiger partial charge in [0.25, 0.3) is 0 Å². The van der Waals surface area contributed by atoms with E-state index in [4.69, 9.17) is 4.74 Å². The van der Waals surface area contributed by atoms with Crippen molar-refractivity contribution < 1.29 is 4.74 Å². The van der Waals surface area contributed by atoms with Crippen molar-refractivity contribution in [2.45, 2.75) is 19.4 Å². The number of pyridine rings is 1. The van der Waals surface area contributed by atoms with E-state index in [2.05, 4.69) is 69.0 Å². The summed E-state index contributed by atoms with van der Waals surface area (Å²) in [5, 5.41) is 2.47. The van der Waals surface area contributed by atoms with Gasteiger partial charge in [-0.1, -0.05) is 30.3 Å². The van der Waals surface area contributed by atoms with Crippen molar-refractivity contribution in [1.29, 1.82) is 0 Å². The second kappa shape index (κ2) is 7.64. The topological polar surface area (TPSA) is 30.3 Å². The van der Waals surface area contributed by atoms with E-state index in [0.29, 0.717) is 0 Å². The first-order chi connectivity index (χ1) is 13.9. The van der Waals surface area contributed by atoms with Crippen LogP contribution in [-0.2, 0) is 6.54 Å². The van der Waals surface area contributed by atoms with Gasteiger partial charge in [0.2, 0.25) is 0 Å². The molecule has 2 aromatic heterocycles. The van der Waals surface area contributed by atoms with E-state index in [1.807, 2.05) is 12.4 Å². The van der Waals surface area contributed by atoms with Crippen LogP contribution in [0.3, 0.4) is 0 Å². The second-order valence-corrected chi connectivity index (χ2v) is 7.54. The average molecular weight is 371 g/mol. The molecule has 0 N–H and O–H groups in total. The first kappa shape index (κ1) is 17.3. The fraction of sp³-hybridized carbons (Fsp3) is 0.292. The van der Waals surface area contributed by atoms with Gasteiger partial charge in [-0.2, -0.15) is 0 Å². The molecule has 0 spiro atoms. The summed E-state index contributed by atoms with van der Waals surface area (Å²) in [7, 11) is 0. The fourth-order valence-electron chi connectivity index (χ4n) is 4.24. The number of nitrogens with zero attached hydrogens (tertiary/aromatic N) is 3. The zero-order valence-electron chi connectivity index (χ0n) is 16.1. The summed E-state index contributed by atoms with van der Waals surface area (Å²) in [5.74, 6) is 0.953. The molecule has 142 valence electrons. The monoisotopic (exact) mass is 371 g/mol. The van der Waals surface area contributed by atoms with Gasteiger partial charge >= 0.3 is 0 Å². The summed E-state index contributed by atoms with van der Waals surface area (Å²) in [5.41, 5.74) is 3.74. The summed E-state index contributed by atoms with van der Waals surface area (Å²) in [6.07, 6.45) is 6.49. The lowest BCUT2D eigenvalue weighted by Crippen LogP contribution is -2.25. The van der Waals surface area contributed by atoms with Gasteiger partial charge in [-0.05, 0) is 55.8 Å². The van der Waals surface area contributed by atoms with Gasteiger partial charge in [0, 0.05) is 41.8 Å². The summed E-state index contributed by atoms with van der Waals surface area (Å²) < 4.78 is 8.31. The SMILES string of the molecule is c1ccc2c(c1)c1cnccc1n2Cc1ccc(OCCN2CCCC2)cc1. The fourth-order valence-corrected chi connectivity index (χ4v) is 4.24. The molecule has 4 nitrogen and oxygen atoms in total. The van der Waals surface area contributed by atoms with Crippen LogP contribution in [-0.4, -0.2) is 40.7 Å². The molecule has 3 heterocycles. The van der Waals surface area contributed by atoms with Crippen LogP contribution in [0, 0.1) is 0 Å². The predicted octanol–water partition coefficient (Wildman–Crippen LogP) is 4.71. The van der Waals surface area contributed by atoms with Crippen molar-refractivity contribution in [3.63, 3.8) is 0 Å². The number of hydrogen-bond donors (Lipinski definition) is 0. The molecule has 0 radical (unpaired) electrons. The van der Waals surface area contributed by atoms with E-state index >= 15 is 0 Å². The largest absolute Gasteiger partial charge is 0.492 e. The zero-order valence-corrected chi connectivity index (χ0v) is 16.1. The van der Waals surface area contributed by atoms with E-state index in [1.165, 1.54) is 53.3 Å². The van der Waals surface area contributed by atoms with Gasteiger partial charge in [-0.3, -0.25) is 9.88 Å². The molecule has 0 aliphatic carbocycles. The van der Waals surface area contributed by atoms with Crippen LogP contribution in [0.25, 0.3) is 21.8 Å². The summed E-state index contributed by atoms with van der Waals surface area (Å²) in [6.45, 7) is 5.06. The third-order valence-corrected chi connectivity index (χ3v) is 5.71. The molecule has 0 saturated carbocycles. The number of para-hydroxylation sites is 1. The van der Waals surface area contributed by atoms with Gasteiger partial charge < -0.3 is 9.30 Å². The lowest BCUT2D eigenvalue weighted by atomic mass is 10.2. The van der Waals surface area contributed by atoms with Gasteiger partial charge in [0.1, 0.15) is 12.4 Å². The number of ether oxygens (including phenoxy) is 1. The highest BCUT2D eigenvalue weighted by Gasteiger charge is 2.12. The molecule has 0 amide bonds. The van der Waals surface area contributed by atoms with Crippen LogP contribution in [0.5, 0.6) is 5.75 Å². The minimum absolute atomic E-state index is 0.763. The second-order valence-electron chi connectivity index (χ2n) is 7.54. The molecule has 0 unspecified atom stereocenters. The number of fused-ring (bicyclic) bond motifs is 3. The number of rotatable bonds is 6. The Hall–Kier alpha value is -2.85. The van der Waals surface area contributed by atoms with Crippen molar-refractivity contribution >= 4 is 21.8 Å². The number of aromatic nitrogens is 2. The zero-order chi connectivity index (χ0) is 18.8. The van der Waals surface area contributed by atoms with Crippen LogP contribution in [0.1, 0.15) is 18.4 Å². The van der Waals surface area contributed by atoms with E-state index in [-0.39, 0.29) is 0 Å². The number of benzene rings is 2. The van der Waals surface area contributed by atoms with Gasteiger partial charge in [-0.15, -0.1) is 0 Å². The Morgan fingerprint density at radius 2 is 1.64 bits per heavy atom. The summed E-state index contributed by atoms with van der Waals surface area (Å²) in [4.78, 5) is 6.80. The Bertz CT molecular complexity index is 1020. The molecule has 1 aliphatic heterocycles. The quantitative estimate of drug-likeness (QED) is 0.492. The summed E-state index contributed by atoms with van der Waals surface area (Å²) >= 11 is 0. The molecule has 0 atom stereocenters. The van der Waals surface area contributed by atoms with E-state index < -0.39 is 0 Å². The maximum absolute atomic E-state index is 5.94. The standard InChI is InChI=1S/C24H25N3O/c1-2-6-23-21(5-1)22-17-25-12-11-24(22)27(23)18-19-7-9-20(10-8-19)28-16-15-26-13-3-4-14-26/h1-2,5-12,17H,3-4,13-16,18H2. The van der Waals surface area contributed by atoms with Crippen molar-refractivity contribution in [3.8, 4) is 5.75 Å². The van der Waals surface area contributed by atoms with Gasteiger partial charge in [0.05, 0.1) is 5.52 Å². The maximum Gasteiger partial charge on any atom is 0.119 e. The van der Waals surface area contributed by atoms with Crippen LogP contribution in [0.2, 0.25) is 0 Å². The normalized spacial score (nSPS) is 14.9. The molecule has 2 aromatic carbocycles. The van der Waals surface area contributed by atoms with Crippen molar-refractivity contribution in [1.82, 2.24) is 14.5 Å². The Kier molecular flexibility index (Phi) is 4.71. The lowest BCUT2D eigenvalue weighted by molar-refractivity contribution is 0.238. The molecule has 28 heavy (non-hydrogen) atoms. The third-order valence-electron chi connectivity index (χ3n) is 5.71. The Morgan fingerprint density at radius 3 is 2.50 bits per heavy atom. The molecular weight excluding hydrogens is 346 g/mol. The van der Waals surface area contributed by atoms with E-state index in [1.54, 1.807) is 0 Å². The first-order valence-corrected chi connectivity index (χ1v) is 10.1. The van der Waals surface area contributed by atoms with Crippen molar-refractivity contribution in [2.24, 2.45) is 0 Å².